The zero-order valence-corrected chi connectivity index (χ0v) is 10.8. The SMILES string of the molecule is CC(NC(=O)N1CCN(CC(=O)O)CC1)C1CC1. The predicted octanol–water partition coefficient (Wildman–Crippen LogP) is 0.197. The van der Waals surface area contributed by atoms with Crippen LogP contribution in [0.25, 0.3) is 0 Å². The van der Waals surface area contributed by atoms with Gasteiger partial charge in [0.2, 0.25) is 0 Å². The van der Waals surface area contributed by atoms with Gasteiger partial charge in [-0.25, -0.2) is 4.79 Å². The number of aliphatic carboxylic acids is 1. The number of carboxylic acids is 1. The van der Waals surface area contributed by atoms with Crippen LogP contribution < -0.4 is 5.32 Å². The van der Waals surface area contributed by atoms with Crippen LogP contribution in [0, 0.1) is 5.92 Å². The third-order valence-electron chi connectivity index (χ3n) is 3.70. The molecule has 1 atom stereocenters. The van der Waals surface area contributed by atoms with Crippen LogP contribution >= 0.6 is 0 Å². The molecule has 2 aliphatic rings. The number of carboxylic acid groups (broad SMARTS) is 1. The highest BCUT2D eigenvalue weighted by molar-refractivity contribution is 5.74. The van der Waals surface area contributed by atoms with Crippen LogP contribution in [0.15, 0.2) is 0 Å². The molecule has 2 rings (SSSR count). The normalized spacial score (nSPS) is 22.6. The first-order valence-corrected chi connectivity index (χ1v) is 6.56. The lowest BCUT2D eigenvalue weighted by molar-refractivity contribution is -0.138. The van der Waals surface area contributed by atoms with Crippen LogP contribution in [-0.2, 0) is 4.79 Å². The molecule has 2 fully saturated rings. The third kappa shape index (κ3) is 3.60. The van der Waals surface area contributed by atoms with E-state index in [0.717, 1.165) is 0 Å². The second-order valence-corrected chi connectivity index (χ2v) is 5.23. The Hall–Kier alpha value is -1.30. The Labute approximate surface area is 107 Å². The van der Waals surface area contributed by atoms with E-state index in [1.165, 1.54) is 12.8 Å². The molecule has 0 aromatic carbocycles. The molecular weight excluding hydrogens is 234 g/mol. The Morgan fingerprint density at radius 2 is 1.89 bits per heavy atom. The number of piperazine rings is 1. The zero-order chi connectivity index (χ0) is 13.1. The van der Waals surface area contributed by atoms with Crippen molar-refractivity contribution < 1.29 is 14.7 Å². The van der Waals surface area contributed by atoms with E-state index in [-0.39, 0.29) is 18.6 Å². The van der Waals surface area contributed by atoms with Gasteiger partial charge in [0.25, 0.3) is 0 Å². The number of amides is 2. The maximum atomic E-state index is 11.9. The molecule has 1 heterocycles. The first kappa shape index (κ1) is 13.1. The topological polar surface area (TPSA) is 72.9 Å². The number of carbonyl (C=O) groups excluding carboxylic acids is 1. The maximum Gasteiger partial charge on any atom is 0.317 e. The molecule has 1 saturated heterocycles. The fourth-order valence-corrected chi connectivity index (χ4v) is 2.30. The van der Waals surface area contributed by atoms with E-state index < -0.39 is 5.97 Å². The summed E-state index contributed by atoms with van der Waals surface area (Å²) in [5.74, 6) is -0.155. The van der Waals surface area contributed by atoms with Crippen LogP contribution in [0.4, 0.5) is 4.79 Å². The van der Waals surface area contributed by atoms with Crippen molar-refractivity contribution >= 4 is 12.0 Å². The zero-order valence-electron chi connectivity index (χ0n) is 10.8. The number of carbonyl (C=O) groups is 2. The fraction of sp³-hybridized carbons (Fsp3) is 0.833. The van der Waals surface area contributed by atoms with E-state index in [0.29, 0.717) is 32.1 Å². The minimum absolute atomic E-state index is 0.00984. The lowest BCUT2D eigenvalue weighted by atomic mass is 10.2. The Morgan fingerprint density at radius 1 is 1.28 bits per heavy atom. The smallest absolute Gasteiger partial charge is 0.317 e. The molecule has 1 saturated carbocycles. The van der Waals surface area contributed by atoms with Crippen molar-refractivity contribution in [3.63, 3.8) is 0 Å². The lowest BCUT2D eigenvalue weighted by Crippen LogP contribution is -2.54. The van der Waals surface area contributed by atoms with E-state index in [9.17, 15) is 9.59 Å². The van der Waals surface area contributed by atoms with Gasteiger partial charge in [0.05, 0.1) is 6.54 Å². The average Bonchev–Trinajstić information content (AvgIpc) is 3.12. The van der Waals surface area contributed by atoms with Crippen molar-refractivity contribution in [1.29, 1.82) is 0 Å². The standard InChI is InChI=1S/C12H21N3O3/c1-9(10-2-3-10)13-12(18)15-6-4-14(5-7-15)8-11(16)17/h9-10H,2-8H2,1H3,(H,13,18)(H,16,17). The summed E-state index contributed by atoms with van der Waals surface area (Å²) in [5, 5.41) is 11.7. The molecule has 0 bridgehead atoms. The van der Waals surface area contributed by atoms with Gasteiger partial charge in [0, 0.05) is 32.2 Å². The number of hydrogen-bond acceptors (Lipinski definition) is 3. The van der Waals surface area contributed by atoms with E-state index in [2.05, 4.69) is 12.2 Å². The summed E-state index contributed by atoms with van der Waals surface area (Å²) >= 11 is 0. The second-order valence-electron chi connectivity index (χ2n) is 5.23. The highest BCUT2D eigenvalue weighted by atomic mass is 16.4. The number of nitrogens with one attached hydrogen (secondary N) is 1. The summed E-state index contributed by atoms with van der Waals surface area (Å²) < 4.78 is 0. The van der Waals surface area contributed by atoms with E-state index in [1.54, 1.807) is 4.90 Å². The lowest BCUT2D eigenvalue weighted by Gasteiger charge is -2.34. The van der Waals surface area contributed by atoms with Crippen LogP contribution in [0.5, 0.6) is 0 Å². The highest BCUT2D eigenvalue weighted by Gasteiger charge is 2.30. The Morgan fingerprint density at radius 3 is 2.39 bits per heavy atom. The monoisotopic (exact) mass is 255 g/mol. The van der Waals surface area contributed by atoms with Crippen LogP contribution in [0.3, 0.4) is 0 Å². The minimum atomic E-state index is -0.810. The average molecular weight is 255 g/mol. The molecule has 0 spiro atoms. The van der Waals surface area contributed by atoms with Crippen LogP contribution in [-0.4, -0.2) is 65.7 Å². The summed E-state index contributed by atoms with van der Waals surface area (Å²) in [7, 11) is 0. The first-order chi connectivity index (χ1) is 8.56. The number of rotatable bonds is 4. The predicted molar refractivity (Wildman–Crippen MR) is 66.4 cm³/mol. The summed E-state index contributed by atoms with van der Waals surface area (Å²) in [6, 6.07) is 0.249. The summed E-state index contributed by atoms with van der Waals surface area (Å²) in [6.45, 7) is 4.60. The Balaban J connectivity index is 1.71. The molecule has 1 unspecified atom stereocenters. The summed E-state index contributed by atoms with van der Waals surface area (Å²) in [4.78, 5) is 26.2. The molecule has 0 aromatic rings. The van der Waals surface area contributed by atoms with Gasteiger partial charge in [0.1, 0.15) is 0 Å². The molecule has 0 aromatic heterocycles. The van der Waals surface area contributed by atoms with Gasteiger partial charge in [-0.1, -0.05) is 0 Å². The molecule has 2 amide bonds. The number of urea groups is 1. The van der Waals surface area contributed by atoms with Crippen molar-refractivity contribution in [2.24, 2.45) is 5.92 Å². The summed E-state index contributed by atoms with van der Waals surface area (Å²) in [6.07, 6.45) is 2.43. The third-order valence-corrected chi connectivity index (χ3v) is 3.70. The molecule has 6 nitrogen and oxygen atoms in total. The molecule has 1 aliphatic carbocycles. The van der Waals surface area contributed by atoms with Crippen molar-refractivity contribution in [2.45, 2.75) is 25.8 Å². The molecule has 6 heteroatoms. The van der Waals surface area contributed by atoms with Gasteiger partial charge < -0.3 is 15.3 Å². The maximum absolute atomic E-state index is 11.9. The summed E-state index contributed by atoms with van der Waals surface area (Å²) in [5.41, 5.74) is 0. The van der Waals surface area contributed by atoms with Gasteiger partial charge in [-0.3, -0.25) is 9.69 Å². The van der Waals surface area contributed by atoms with Crippen molar-refractivity contribution in [1.82, 2.24) is 15.1 Å². The molecule has 1 aliphatic heterocycles. The minimum Gasteiger partial charge on any atom is -0.480 e. The Bertz CT molecular complexity index is 323. The first-order valence-electron chi connectivity index (χ1n) is 6.56. The van der Waals surface area contributed by atoms with Crippen molar-refractivity contribution in [2.75, 3.05) is 32.7 Å². The molecule has 102 valence electrons. The number of nitrogens with zero attached hydrogens (tertiary/aromatic N) is 2. The highest BCUT2D eigenvalue weighted by Crippen LogP contribution is 2.32. The van der Waals surface area contributed by atoms with Crippen molar-refractivity contribution in [3.8, 4) is 0 Å². The van der Waals surface area contributed by atoms with Gasteiger partial charge in [-0.15, -0.1) is 0 Å². The second kappa shape index (κ2) is 5.56. The van der Waals surface area contributed by atoms with Gasteiger partial charge in [-0.05, 0) is 25.7 Å². The van der Waals surface area contributed by atoms with E-state index >= 15 is 0 Å². The van der Waals surface area contributed by atoms with Gasteiger partial charge in [-0.2, -0.15) is 0 Å². The Kier molecular flexibility index (Phi) is 4.06. The van der Waals surface area contributed by atoms with Crippen molar-refractivity contribution in [3.05, 3.63) is 0 Å². The van der Waals surface area contributed by atoms with Gasteiger partial charge >= 0.3 is 12.0 Å². The quantitative estimate of drug-likeness (QED) is 0.752. The van der Waals surface area contributed by atoms with Gasteiger partial charge in [0.15, 0.2) is 0 Å². The fourth-order valence-electron chi connectivity index (χ4n) is 2.30. The largest absolute Gasteiger partial charge is 0.480 e. The molecule has 2 N–H and O–H groups in total. The van der Waals surface area contributed by atoms with Crippen LogP contribution in [0.2, 0.25) is 0 Å². The molecular formula is C12H21N3O3. The van der Waals surface area contributed by atoms with Crippen LogP contribution in [0.1, 0.15) is 19.8 Å². The number of hydrogen-bond donors (Lipinski definition) is 2. The molecule has 0 radical (unpaired) electrons. The van der Waals surface area contributed by atoms with E-state index in [4.69, 9.17) is 5.11 Å². The van der Waals surface area contributed by atoms with E-state index in [1.807, 2.05) is 4.90 Å². The molecule has 18 heavy (non-hydrogen) atoms.